The van der Waals surface area contributed by atoms with Crippen molar-refractivity contribution in [3.05, 3.63) is 48.7 Å². The first-order valence-corrected chi connectivity index (χ1v) is 10.9. The van der Waals surface area contributed by atoms with Crippen LogP contribution < -0.4 is 73.6 Å². The van der Waals surface area contributed by atoms with Crippen molar-refractivity contribution in [2.24, 2.45) is 7.05 Å². The van der Waals surface area contributed by atoms with Gasteiger partial charge in [0, 0.05) is 29.7 Å². The van der Waals surface area contributed by atoms with Crippen LogP contribution in [-0.4, -0.2) is 30.6 Å². The van der Waals surface area contributed by atoms with Crippen molar-refractivity contribution in [3.63, 3.8) is 0 Å². The molecule has 5 rings (SSSR count). The molecule has 160 valence electrons. The number of methoxy groups -OCH3 is 1. The number of rotatable bonds is 5. The third-order valence-corrected chi connectivity index (χ3v) is 5.82. The van der Waals surface area contributed by atoms with Gasteiger partial charge in [0.25, 0.3) is 0 Å². The summed E-state index contributed by atoms with van der Waals surface area (Å²) in [5.41, 5.74) is 4.41. The van der Waals surface area contributed by atoms with E-state index in [1.54, 1.807) is 24.1 Å². The van der Waals surface area contributed by atoms with Gasteiger partial charge in [-0.25, -0.2) is 9.97 Å². The Balaban J connectivity index is 0.00000153. The van der Waals surface area contributed by atoms with E-state index in [9.17, 15) is 14.4 Å². The fourth-order valence-corrected chi connectivity index (χ4v) is 4.26. The molecule has 0 saturated carbocycles. The Hall–Kier alpha value is -1.17. The molecule has 0 saturated heterocycles. The van der Waals surface area contributed by atoms with E-state index in [1.165, 1.54) is 0 Å². The molecule has 0 bridgehead atoms. The summed E-state index contributed by atoms with van der Waals surface area (Å²) in [5, 5.41) is 0.900. The van der Waals surface area contributed by atoms with Crippen LogP contribution in [0.2, 0.25) is 0 Å². The molecule has 0 aliphatic carbocycles. The van der Waals surface area contributed by atoms with Crippen LogP contribution in [0.15, 0.2) is 42.9 Å². The Morgan fingerprint density at radius 3 is 2.52 bits per heavy atom. The summed E-state index contributed by atoms with van der Waals surface area (Å²) in [4.78, 5) is 31.3. The minimum Gasteiger partial charge on any atom is -0.790 e. The van der Waals surface area contributed by atoms with Crippen LogP contribution in [0.25, 0.3) is 38.8 Å². The Kier molecular flexibility index (Phi) is 7.87. The molecule has 13 heteroatoms. The molecule has 0 fully saturated rings. The summed E-state index contributed by atoms with van der Waals surface area (Å²) in [6.45, 7) is 1.38. The third kappa shape index (κ3) is 4.70. The Bertz CT molecular complexity index is 1520. The summed E-state index contributed by atoms with van der Waals surface area (Å²) in [5.74, 6) is 1.44. The quantitative estimate of drug-likeness (QED) is 0.184. The molecular formula is C20H18N5Na2O5P. The number of phosphoric acid groups is 1. The van der Waals surface area contributed by atoms with Crippen molar-refractivity contribution >= 4 is 35.4 Å². The Morgan fingerprint density at radius 2 is 1.82 bits per heavy atom. The topological polar surface area (TPSA) is 122 Å². The number of ether oxygens (including phenoxy) is 1. The van der Waals surface area contributed by atoms with Crippen molar-refractivity contribution in [1.82, 2.24) is 23.5 Å². The van der Waals surface area contributed by atoms with Gasteiger partial charge in [0.2, 0.25) is 0 Å². The van der Waals surface area contributed by atoms with Crippen LogP contribution >= 0.6 is 7.82 Å². The van der Waals surface area contributed by atoms with E-state index < -0.39 is 14.6 Å². The second-order valence-corrected chi connectivity index (χ2v) is 8.39. The molecule has 0 atom stereocenters. The van der Waals surface area contributed by atoms with Crippen molar-refractivity contribution in [2.45, 2.75) is 13.7 Å². The molecule has 1 aromatic carbocycles. The van der Waals surface area contributed by atoms with Crippen molar-refractivity contribution in [3.8, 4) is 17.0 Å². The second kappa shape index (κ2) is 9.83. The normalized spacial score (nSPS) is 11.7. The average molecular weight is 485 g/mol. The molecule has 4 aromatic heterocycles. The molecule has 0 aliphatic heterocycles. The van der Waals surface area contributed by atoms with Crippen LogP contribution in [0, 0.1) is 6.92 Å². The van der Waals surface area contributed by atoms with Gasteiger partial charge < -0.3 is 28.2 Å². The van der Waals surface area contributed by atoms with E-state index >= 15 is 0 Å². The van der Waals surface area contributed by atoms with Gasteiger partial charge in [-0.3, -0.25) is 8.97 Å². The Labute approximate surface area is 233 Å². The second-order valence-electron chi connectivity index (χ2n) is 7.23. The van der Waals surface area contributed by atoms with Gasteiger partial charge in [0.15, 0.2) is 5.65 Å². The van der Waals surface area contributed by atoms with E-state index in [1.807, 2.05) is 53.4 Å². The number of hydrogen-bond acceptors (Lipinski definition) is 7. The van der Waals surface area contributed by atoms with Gasteiger partial charge in [-0.05, 0) is 31.2 Å². The number of hydrogen-bond donors (Lipinski definition) is 0. The minimum absolute atomic E-state index is 0. The van der Waals surface area contributed by atoms with Crippen molar-refractivity contribution in [2.75, 3.05) is 7.11 Å². The van der Waals surface area contributed by atoms with E-state index in [0.29, 0.717) is 17.1 Å². The maximum Gasteiger partial charge on any atom is 1.00 e. The number of phosphoric ester groups is 1. The van der Waals surface area contributed by atoms with Gasteiger partial charge in [-0.2, -0.15) is 0 Å². The molecule has 5 aromatic rings. The summed E-state index contributed by atoms with van der Waals surface area (Å²) < 4.78 is 26.7. The predicted molar refractivity (Wildman–Crippen MR) is 110 cm³/mol. The zero-order valence-corrected chi connectivity index (χ0v) is 23.9. The van der Waals surface area contributed by atoms with Gasteiger partial charge >= 0.3 is 59.1 Å². The van der Waals surface area contributed by atoms with Crippen LogP contribution in [0.3, 0.4) is 0 Å². The number of imidazole rings is 1. The molecule has 0 aliphatic rings. The standard InChI is InChI=1S/C20H20N5O5P.2Na/c1-12-21-8-13-9-22-20-19(25(12)13)7-18(24(20)11-30-31(26,27)28)16-10-23(2)17-5-4-14(29-3)6-15(16)17;;/h4-10H,11H2,1-3H3,(H2,26,27,28);;/q;2*+1/p-2. The number of fused-ring (bicyclic) bond motifs is 4. The molecule has 0 N–H and O–H groups in total. The number of benzene rings is 1. The largest absolute Gasteiger partial charge is 1.00 e. The van der Waals surface area contributed by atoms with Crippen LogP contribution in [0.4, 0.5) is 0 Å². The third-order valence-electron chi connectivity index (χ3n) is 5.39. The van der Waals surface area contributed by atoms with Crippen LogP contribution in [0.5, 0.6) is 5.75 Å². The van der Waals surface area contributed by atoms with Crippen molar-refractivity contribution < 1.29 is 82.7 Å². The minimum atomic E-state index is -5.19. The first-order valence-electron chi connectivity index (χ1n) is 9.39. The summed E-state index contributed by atoms with van der Waals surface area (Å²) >= 11 is 0. The van der Waals surface area contributed by atoms with E-state index in [4.69, 9.17) is 4.74 Å². The smallest absolute Gasteiger partial charge is 0.790 e. The molecule has 0 spiro atoms. The monoisotopic (exact) mass is 485 g/mol. The van der Waals surface area contributed by atoms with E-state index in [-0.39, 0.29) is 59.1 Å². The maximum atomic E-state index is 11.2. The summed E-state index contributed by atoms with van der Waals surface area (Å²) in [6.07, 6.45) is 5.28. The van der Waals surface area contributed by atoms with Gasteiger partial charge in [0.05, 0.1) is 44.1 Å². The number of nitrogens with zero attached hydrogens (tertiary/aromatic N) is 5. The van der Waals surface area contributed by atoms with Gasteiger partial charge in [-0.15, -0.1) is 0 Å². The molecule has 0 amide bonds. The Morgan fingerprint density at radius 1 is 1.09 bits per heavy atom. The average Bonchev–Trinajstić information content (AvgIpc) is 3.38. The first kappa shape index (κ1) is 26.4. The van der Waals surface area contributed by atoms with Crippen molar-refractivity contribution in [1.29, 1.82) is 0 Å². The van der Waals surface area contributed by atoms with E-state index in [0.717, 1.165) is 33.3 Å². The zero-order chi connectivity index (χ0) is 21.9. The van der Waals surface area contributed by atoms with Gasteiger partial charge in [-0.1, -0.05) is 0 Å². The van der Waals surface area contributed by atoms with E-state index in [2.05, 4.69) is 14.5 Å². The fourth-order valence-electron chi connectivity index (χ4n) is 4.00. The summed E-state index contributed by atoms with van der Waals surface area (Å²) in [6, 6.07) is 7.62. The molecule has 0 unspecified atom stereocenters. The fraction of sp³-hybridized carbons (Fsp3) is 0.200. The zero-order valence-electron chi connectivity index (χ0n) is 19.0. The number of aromatic nitrogens is 5. The molecule has 33 heavy (non-hydrogen) atoms. The molecule has 4 heterocycles. The van der Waals surface area contributed by atoms with Crippen LogP contribution in [0.1, 0.15) is 5.82 Å². The first-order chi connectivity index (χ1) is 14.8. The number of aryl methyl sites for hydroxylation is 2. The van der Waals surface area contributed by atoms with Gasteiger partial charge in [0.1, 0.15) is 18.3 Å². The SMILES string of the molecule is COc1ccc2c(c1)c(-c1cc3c(ncc4cnc(C)n43)n1COP(=O)([O-])[O-])cn2C.[Na+].[Na+]. The molecule has 0 radical (unpaired) electrons. The summed E-state index contributed by atoms with van der Waals surface area (Å²) in [7, 11) is -1.68. The molecular weight excluding hydrogens is 467 g/mol. The molecule has 10 nitrogen and oxygen atoms in total. The predicted octanol–water partition coefficient (Wildman–Crippen LogP) is -4.03. The van der Waals surface area contributed by atoms with Crippen LogP contribution in [-0.2, 0) is 22.9 Å². The maximum absolute atomic E-state index is 11.2.